The van der Waals surface area contributed by atoms with Gasteiger partial charge in [-0.1, -0.05) is 36.9 Å². The van der Waals surface area contributed by atoms with Crippen LogP contribution in [-0.4, -0.2) is 30.9 Å². The van der Waals surface area contributed by atoms with E-state index in [0.717, 1.165) is 12.5 Å². The van der Waals surface area contributed by atoms with E-state index >= 15 is 0 Å². The largest absolute Gasteiger partial charge is 0.457 e. The lowest BCUT2D eigenvalue weighted by molar-refractivity contribution is -0.255. The van der Waals surface area contributed by atoms with Gasteiger partial charge in [-0.15, -0.1) is 0 Å². The molecule has 23 heavy (non-hydrogen) atoms. The molecular formula is C16H16O7. The van der Waals surface area contributed by atoms with Crippen LogP contribution >= 0.6 is 0 Å². The van der Waals surface area contributed by atoms with Crippen LogP contribution in [0.4, 0.5) is 0 Å². The summed E-state index contributed by atoms with van der Waals surface area (Å²) in [5.41, 5.74) is 0.488. The Balaban J connectivity index is 2.14. The van der Waals surface area contributed by atoms with Crippen LogP contribution in [0.15, 0.2) is 55.0 Å². The third kappa shape index (κ3) is 7.05. The Bertz CT molecular complexity index is 590. The Labute approximate surface area is 133 Å². The highest BCUT2D eigenvalue weighted by molar-refractivity contribution is 6.40. The van der Waals surface area contributed by atoms with Crippen LogP contribution in [0.5, 0.6) is 0 Å². The number of esters is 2. The molecule has 122 valence electrons. The molecule has 0 unspecified atom stereocenters. The minimum absolute atomic E-state index is 0.105. The minimum atomic E-state index is -0.981. The zero-order valence-corrected chi connectivity index (χ0v) is 12.5. The fraction of sp³-hybridized carbons (Fsp3) is 0.188. The van der Waals surface area contributed by atoms with Crippen molar-refractivity contribution in [3.05, 3.63) is 60.6 Å². The zero-order chi connectivity index (χ0) is 17.1. The van der Waals surface area contributed by atoms with Crippen molar-refractivity contribution >= 4 is 17.7 Å². The van der Waals surface area contributed by atoms with Crippen molar-refractivity contribution in [1.82, 2.24) is 0 Å². The average molecular weight is 320 g/mol. The summed E-state index contributed by atoms with van der Waals surface area (Å²) in [6.07, 6.45) is 1.96. The summed E-state index contributed by atoms with van der Waals surface area (Å²) in [4.78, 5) is 43.2. The van der Waals surface area contributed by atoms with Crippen molar-refractivity contribution in [3.63, 3.8) is 0 Å². The van der Waals surface area contributed by atoms with E-state index < -0.39 is 17.7 Å². The van der Waals surface area contributed by atoms with Gasteiger partial charge in [-0.05, 0) is 6.92 Å². The highest BCUT2D eigenvalue weighted by atomic mass is 17.2. The fourth-order valence-corrected chi connectivity index (χ4v) is 1.24. The second-order valence-electron chi connectivity index (χ2n) is 4.21. The number of benzene rings is 1. The van der Waals surface area contributed by atoms with E-state index in [2.05, 4.69) is 21.1 Å². The summed E-state index contributed by atoms with van der Waals surface area (Å²) >= 11 is 0. The van der Waals surface area contributed by atoms with Crippen LogP contribution in [0.2, 0.25) is 0 Å². The van der Waals surface area contributed by atoms with Crippen LogP contribution in [0, 0.1) is 0 Å². The number of ketones is 1. The highest BCUT2D eigenvalue weighted by Gasteiger charge is 2.17. The van der Waals surface area contributed by atoms with Crippen molar-refractivity contribution in [2.45, 2.75) is 6.92 Å². The quantitative estimate of drug-likeness (QED) is 0.100. The van der Waals surface area contributed by atoms with E-state index in [1.165, 1.54) is 19.1 Å². The van der Waals surface area contributed by atoms with Crippen LogP contribution in [0.25, 0.3) is 0 Å². The normalized spacial score (nSPS) is 10.1. The highest BCUT2D eigenvalue weighted by Crippen LogP contribution is 2.01. The molecule has 0 heterocycles. The molecule has 0 aliphatic heterocycles. The number of carbonyl (C=O) groups excluding carboxylic acids is 3. The molecule has 1 aromatic carbocycles. The van der Waals surface area contributed by atoms with E-state index in [-0.39, 0.29) is 24.4 Å². The molecule has 0 saturated heterocycles. The Hall–Kier alpha value is -2.93. The molecule has 7 heteroatoms. The smallest absolute Gasteiger partial charge is 0.379 e. The molecule has 0 saturated carbocycles. The summed E-state index contributed by atoms with van der Waals surface area (Å²) < 4.78 is 9.29. The van der Waals surface area contributed by atoms with Gasteiger partial charge in [0.2, 0.25) is 0 Å². The van der Waals surface area contributed by atoms with E-state index in [0.29, 0.717) is 0 Å². The maximum atomic E-state index is 11.7. The van der Waals surface area contributed by atoms with E-state index in [4.69, 9.17) is 4.74 Å². The van der Waals surface area contributed by atoms with Crippen LogP contribution < -0.4 is 0 Å². The molecule has 7 nitrogen and oxygen atoms in total. The molecule has 0 aliphatic carbocycles. The Morgan fingerprint density at radius 3 is 2.39 bits per heavy atom. The summed E-state index contributed by atoms with van der Waals surface area (Å²) in [6.45, 7) is 4.61. The number of hydrogen-bond donors (Lipinski definition) is 0. The summed E-state index contributed by atoms with van der Waals surface area (Å²) in [5, 5.41) is 0. The maximum Gasteiger partial charge on any atom is 0.379 e. The van der Waals surface area contributed by atoms with Gasteiger partial charge in [0.05, 0.1) is 0 Å². The number of Topliss-reactive ketones (excluding diaryl/α,β-unsaturated/α-hetero) is 1. The molecule has 0 atom stereocenters. The van der Waals surface area contributed by atoms with Crippen molar-refractivity contribution in [3.8, 4) is 0 Å². The van der Waals surface area contributed by atoms with E-state index in [9.17, 15) is 14.4 Å². The second-order valence-corrected chi connectivity index (χ2v) is 4.21. The molecule has 0 fully saturated rings. The molecule has 1 aromatic rings. The van der Waals surface area contributed by atoms with Crippen LogP contribution in [-0.2, 0) is 28.8 Å². The first kappa shape index (κ1) is 18.1. The van der Waals surface area contributed by atoms with Gasteiger partial charge in [-0.25, -0.2) is 9.59 Å². The maximum absolute atomic E-state index is 11.7. The van der Waals surface area contributed by atoms with Gasteiger partial charge in [-0.3, -0.25) is 4.79 Å². The monoisotopic (exact) mass is 320 g/mol. The van der Waals surface area contributed by atoms with Crippen molar-refractivity contribution in [2.24, 2.45) is 0 Å². The predicted molar refractivity (Wildman–Crippen MR) is 78.8 cm³/mol. The van der Waals surface area contributed by atoms with Gasteiger partial charge in [-0.2, -0.15) is 4.89 Å². The van der Waals surface area contributed by atoms with E-state index in [1.54, 1.807) is 18.2 Å². The van der Waals surface area contributed by atoms with Gasteiger partial charge >= 0.3 is 11.9 Å². The first-order valence-corrected chi connectivity index (χ1v) is 6.58. The van der Waals surface area contributed by atoms with Crippen LogP contribution in [0.3, 0.4) is 0 Å². The lowest BCUT2D eigenvalue weighted by Crippen LogP contribution is -2.19. The summed E-state index contributed by atoms with van der Waals surface area (Å²) in [5.74, 6) is -2.32. The molecule has 0 aromatic heterocycles. The number of carbonyl (C=O) groups is 3. The predicted octanol–water partition coefficient (Wildman–Crippen LogP) is 1.95. The molecule has 0 radical (unpaired) electrons. The average Bonchev–Trinajstić information content (AvgIpc) is 2.56. The second kappa shape index (κ2) is 9.91. The molecule has 0 aliphatic rings. The first-order valence-electron chi connectivity index (χ1n) is 6.58. The Morgan fingerprint density at radius 2 is 1.74 bits per heavy atom. The molecule has 0 spiro atoms. The molecule has 0 bridgehead atoms. The molecule has 0 N–H and O–H groups in total. The summed E-state index contributed by atoms with van der Waals surface area (Å²) in [6, 6.07) is 8.05. The zero-order valence-electron chi connectivity index (χ0n) is 12.5. The van der Waals surface area contributed by atoms with Gasteiger partial charge in [0.25, 0.3) is 5.78 Å². The Kier molecular flexibility index (Phi) is 7.81. The third-order valence-corrected chi connectivity index (χ3v) is 2.32. The lowest BCUT2D eigenvalue weighted by atomic mass is 10.1. The third-order valence-electron chi connectivity index (χ3n) is 2.32. The fourth-order valence-electron chi connectivity index (χ4n) is 1.24. The first-order chi connectivity index (χ1) is 11.0. The Morgan fingerprint density at radius 1 is 1.04 bits per heavy atom. The van der Waals surface area contributed by atoms with Gasteiger partial charge in [0.15, 0.2) is 6.26 Å². The van der Waals surface area contributed by atoms with Crippen molar-refractivity contribution in [2.75, 3.05) is 13.2 Å². The number of hydrogen-bond acceptors (Lipinski definition) is 7. The van der Waals surface area contributed by atoms with Crippen molar-refractivity contribution < 1.29 is 33.6 Å². The van der Waals surface area contributed by atoms with Gasteiger partial charge in [0, 0.05) is 11.1 Å². The topological polar surface area (TPSA) is 88.1 Å². The standard InChI is InChI=1S/C16H16O7/c1-12(2)15(18)20-8-10-22-23-11-9-21-16(19)14(17)13-6-4-3-5-7-13/h3-8,10H,1,9,11H2,2H3/b10-8-. The van der Waals surface area contributed by atoms with Gasteiger partial charge < -0.3 is 14.4 Å². The SMILES string of the molecule is C=C(C)C(=O)O/C=C\OOCCOC(=O)C(=O)c1ccccc1. The van der Waals surface area contributed by atoms with Gasteiger partial charge in [0.1, 0.15) is 19.5 Å². The molecular weight excluding hydrogens is 304 g/mol. The number of rotatable bonds is 9. The molecule has 0 amide bonds. The molecule has 1 rings (SSSR count). The minimum Gasteiger partial charge on any atom is -0.457 e. The van der Waals surface area contributed by atoms with Crippen LogP contribution in [0.1, 0.15) is 17.3 Å². The summed E-state index contributed by atoms with van der Waals surface area (Å²) in [7, 11) is 0. The lowest BCUT2D eigenvalue weighted by Gasteiger charge is -2.04. The van der Waals surface area contributed by atoms with E-state index in [1.807, 2.05) is 0 Å². The number of ether oxygens (including phenoxy) is 2. The van der Waals surface area contributed by atoms with Crippen molar-refractivity contribution in [1.29, 1.82) is 0 Å².